The second-order valence-electron chi connectivity index (χ2n) is 10.2. The highest BCUT2D eigenvalue weighted by Gasteiger charge is 2.30. The van der Waals surface area contributed by atoms with Gasteiger partial charge in [0.05, 0.1) is 25.0 Å². The van der Waals surface area contributed by atoms with Crippen molar-refractivity contribution in [2.75, 3.05) is 6.54 Å². The number of rotatable bonds is 16. The number of amides is 3. The Balaban J connectivity index is 2.08. The van der Waals surface area contributed by atoms with Crippen LogP contribution in [0.1, 0.15) is 51.2 Å². The molecular weight excluding hydrogens is 498 g/mol. The van der Waals surface area contributed by atoms with Gasteiger partial charge in [-0.05, 0) is 36.3 Å². The van der Waals surface area contributed by atoms with E-state index in [0.29, 0.717) is 13.0 Å². The number of carbonyl (C=O) groups is 4. The lowest BCUT2D eigenvalue weighted by atomic mass is 9.91. The second kappa shape index (κ2) is 16.3. The van der Waals surface area contributed by atoms with Gasteiger partial charge in [-0.2, -0.15) is 0 Å². The molecule has 9 nitrogen and oxygen atoms in total. The molecule has 0 aliphatic rings. The average molecular weight is 540 g/mol. The summed E-state index contributed by atoms with van der Waals surface area (Å²) in [6, 6.07) is 16.0. The summed E-state index contributed by atoms with van der Waals surface area (Å²) < 4.78 is 0. The van der Waals surface area contributed by atoms with Crippen LogP contribution in [0.25, 0.3) is 0 Å². The van der Waals surface area contributed by atoms with Gasteiger partial charge in [-0.1, -0.05) is 81.4 Å². The zero-order valence-electron chi connectivity index (χ0n) is 22.9. The normalized spacial score (nSPS) is 14.1. The zero-order chi connectivity index (χ0) is 28.8. The Morgan fingerprint density at radius 2 is 1.44 bits per heavy atom. The maximum atomic E-state index is 13.0. The molecule has 0 heterocycles. The molecule has 212 valence electrons. The number of hydrogen-bond acceptors (Lipinski definition) is 5. The van der Waals surface area contributed by atoms with E-state index in [1.807, 2.05) is 57.2 Å². The molecule has 0 aliphatic heterocycles. The number of aliphatic carboxylic acids is 1. The summed E-state index contributed by atoms with van der Waals surface area (Å²) in [5.41, 5.74) is 1.59. The summed E-state index contributed by atoms with van der Waals surface area (Å²) in [4.78, 5) is 49.8. The van der Waals surface area contributed by atoms with Gasteiger partial charge in [0.2, 0.25) is 17.7 Å². The number of carbonyl (C=O) groups excluding carboxylic acids is 3. The molecule has 5 N–H and O–H groups in total. The minimum Gasteiger partial charge on any atom is -0.480 e. The lowest BCUT2D eigenvalue weighted by molar-refractivity contribution is -0.143. The molecule has 2 rings (SSSR count). The molecule has 3 amide bonds. The van der Waals surface area contributed by atoms with Crippen molar-refractivity contribution in [3.63, 3.8) is 0 Å². The van der Waals surface area contributed by atoms with Crippen LogP contribution in [0.4, 0.5) is 0 Å². The van der Waals surface area contributed by atoms with Gasteiger partial charge < -0.3 is 26.2 Å². The van der Waals surface area contributed by atoms with Gasteiger partial charge in [-0.25, -0.2) is 4.79 Å². The van der Waals surface area contributed by atoms with Gasteiger partial charge in [0.1, 0.15) is 6.04 Å². The maximum Gasteiger partial charge on any atom is 0.326 e. The molecule has 0 spiro atoms. The molecular formula is C30H41N3O6. The van der Waals surface area contributed by atoms with Crippen molar-refractivity contribution in [2.45, 2.75) is 71.1 Å². The van der Waals surface area contributed by atoms with Gasteiger partial charge in [-0.3, -0.25) is 14.4 Å². The van der Waals surface area contributed by atoms with Crippen LogP contribution < -0.4 is 16.0 Å². The minimum absolute atomic E-state index is 0.0150. The van der Waals surface area contributed by atoms with Crippen molar-refractivity contribution in [3.8, 4) is 0 Å². The smallest absolute Gasteiger partial charge is 0.326 e. The van der Waals surface area contributed by atoms with Crippen LogP contribution in [0.5, 0.6) is 0 Å². The first-order valence-electron chi connectivity index (χ1n) is 13.4. The molecule has 4 atom stereocenters. The number of aliphatic hydroxyl groups is 1. The van der Waals surface area contributed by atoms with Crippen molar-refractivity contribution >= 4 is 23.7 Å². The van der Waals surface area contributed by atoms with E-state index in [-0.39, 0.29) is 31.1 Å². The monoisotopic (exact) mass is 539 g/mol. The Morgan fingerprint density at radius 3 is 1.97 bits per heavy atom. The highest BCUT2D eigenvalue weighted by molar-refractivity contribution is 5.89. The summed E-state index contributed by atoms with van der Waals surface area (Å²) in [5, 5.41) is 28.8. The van der Waals surface area contributed by atoms with E-state index in [2.05, 4.69) is 16.0 Å². The molecule has 0 radical (unpaired) electrons. The molecule has 0 aromatic heterocycles. The third-order valence-corrected chi connectivity index (χ3v) is 6.41. The van der Waals surface area contributed by atoms with Gasteiger partial charge in [-0.15, -0.1) is 0 Å². The second-order valence-corrected chi connectivity index (χ2v) is 10.2. The molecule has 0 fully saturated rings. The van der Waals surface area contributed by atoms with Crippen molar-refractivity contribution in [1.82, 2.24) is 16.0 Å². The first-order chi connectivity index (χ1) is 18.6. The Bertz CT molecular complexity index is 1060. The molecule has 39 heavy (non-hydrogen) atoms. The zero-order valence-corrected chi connectivity index (χ0v) is 22.9. The standard InChI is InChI=1S/C30H41N3O6/c1-4-23(29(37)31-19-20(2)3)17-26(34)24(15-21-11-7-5-8-12-21)32-28(36)18-25(30(38)39)33-27(35)16-22-13-9-6-10-14-22/h5-14,20,23-26,34H,4,15-19H2,1-3H3,(H,31,37)(H,32,36)(H,33,35)(H,38,39)/t23-,24+,25+,26+/m1/s1. The first kappa shape index (κ1) is 31.5. The number of aliphatic hydroxyl groups excluding tert-OH is 1. The summed E-state index contributed by atoms with van der Waals surface area (Å²) in [6.07, 6.45) is -0.634. The van der Waals surface area contributed by atoms with Crippen LogP contribution in [0.15, 0.2) is 60.7 Å². The van der Waals surface area contributed by atoms with Crippen molar-refractivity contribution < 1.29 is 29.4 Å². The van der Waals surface area contributed by atoms with E-state index in [1.54, 1.807) is 24.3 Å². The highest BCUT2D eigenvalue weighted by Crippen LogP contribution is 2.17. The maximum absolute atomic E-state index is 13.0. The topological polar surface area (TPSA) is 145 Å². The van der Waals surface area contributed by atoms with Crippen molar-refractivity contribution in [3.05, 3.63) is 71.8 Å². The van der Waals surface area contributed by atoms with E-state index in [0.717, 1.165) is 11.1 Å². The van der Waals surface area contributed by atoms with E-state index in [9.17, 15) is 29.4 Å². The summed E-state index contributed by atoms with van der Waals surface area (Å²) in [7, 11) is 0. The fourth-order valence-corrected chi connectivity index (χ4v) is 4.19. The van der Waals surface area contributed by atoms with Gasteiger partial charge in [0.25, 0.3) is 0 Å². The predicted molar refractivity (Wildman–Crippen MR) is 149 cm³/mol. The lowest BCUT2D eigenvalue weighted by Crippen LogP contribution is -2.50. The Morgan fingerprint density at radius 1 is 0.846 bits per heavy atom. The lowest BCUT2D eigenvalue weighted by Gasteiger charge is -2.28. The van der Waals surface area contributed by atoms with Crippen LogP contribution >= 0.6 is 0 Å². The van der Waals surface area contributed by atoms with E-state index < -0.39 is 48.3 Å². The van der Waals surface area contributed by atoms with E-state index >= 15 is 0 Å². The summed E-state index contributed by atoms with van der Waals surface area (Å²) in [6.45, 7) is 6.39. The van der Waals surface area contributed by atoms with Gasteiger partial charge in [0, 0.05) is 12.5 Å². The first-order valence-corrected chi connectivity index (χ1v) is 13.4. The number of hydrogen-bond donors (Lipinski definition) is 5. The van der Waals surface area contributed by atoms with Crippen LogP contribution in [0, 0.1) is 11.8 Å². The fourth-order valence-electron chi connectivity index (χ4n) is 4.19. The third-order valence-electron chi connectivity index (χ3n) is 6.41. The Kier molecular flexibility index (Phi) is 13.2. The molecule has 2 aromatic rings. The minimum atomic E-state index is -1.43. The van der Waals surface area contributed by atoms with Crippen molar-refractivity contribution in [2.24, 2.45) is 11.8 Å². The number of carboxylic acids is 1. The molecule has 0 unspecified atom stereocenters. The average Bonchev–Trinajstić information content (AvgIpc) is 2.90. The SMILES string of the molecule is CC[C@H](C[C@H](O)[C@H](Cc1ccccc1)NC(=O)C[C@H](NC(=O)Cc1ccccc1)C(=O)O)C(=O)NCC(C)C. The third kappa shape index (κ3) is 11.7. The van der Waals surface area contributed by atoms with E-state index in [4.69, 9.17) is 0 Å². The Labute approximate surface area is 230 Å². The molecule has 9 heteroatoms. The summed E-state index contributed by atoms with van der Waals surface area (Å²) >= 11 is 0. The quantitative estimate of drug-likeness (QED) is 0.222. The molecule has 0 aliphatic carbocycles. The molecule has 2 aromatic carbocycles. The molecule has 0 saturated heterocycles. The molecule has 0 bridgehead atoms. The predicted octanol–water partition coefficient (Wildman–Crippen LogP) is 2.47. The van der Waals surface area contributed by atoms with Crippen LogP contribution in [0.3, 0.4) is 0 Å². The van der Waals surface area contributed by atoms with Gasteiger partial charge >= 0.3 is 5.97 Å². The van der Waals surface area contributed by atoms with E-state index in [1.165, 1.54) is 0 Å². The largest absolute Gasteiger partial charge is 0.480 e. The molecule has 0 saturated carbocycles. The number of nitrogens with one attached hydrogen (secondary N) is 3. The highest BCUT2D eigenvalue weighted by atomic mass is 16.4. The van der Waals surface area contributed by atoms with Crippen molar-refractivity contribution in [1.29, 1.82) is 0 Å². The van der Waals surface area contributed by atoms with Gasteiger partial charge in [0.15, 0.2) is 0 Å². The summed E-state index contributed by atoms with van der Waals surface area (Å²) in [5.74, 6) is -2.78. The van der Waals surface area contributed by atoms with Crippen LogP contribution in [0.2, 0.25) is 0 Å². The number of carboxylic acid groups (broad SMARTS) is 1. The fraction of sp³-hybridized carbons (Fsp3) is 0.467. The Hall–Kier alpha value is -3.72. The van der Waals surface area contributed by atoms with Crippen LogP contribution in [-0.4, -0.2) is 58.6 Å². The number of benzene rings is 2. The van der Waals surface area contributed by atoms with Crippen LogP contribution in [-0.2, 0) is 32.0 Å².